The molecule has 2 aliphatic rings. The smallest absolute Gasteiger partial charge is 0.325 e. The number of urea groups is 1. The van der Waals surface area contributed by atoms with Crippen LogP contribution in [-0.4, -0.2) is 46.8 Å². The van der Waals surface area contributed by atoms with Crippen molar-refractivity contribution < 1.29 is 14.4 Å². The van der Waals surface area contributed by atoms with Crippen molar-refractivity contribution in [2.24, 2.45) is 5.92 Å². The monoisotopic (exact) mass is 419 g/mol. The van der Waals surface area contributed by atoms with E-state index in [1.54, 1.807) is 11.9 Å². The minimum atomic E-state index is -0.810. The number of hydrogen-bond donors (Lipinski definition) is 1. The topological polar surface area (TPSA) is 69.7 Å². The summed E-state index contributed by atoms with van der Waals surface area (Å²) in [4.78, 5) is 40.8. The SMILES string of the molecule is CC1CCC2(CC1)NC(=O)N(CC(=O)N(C)Cc1ccc(-c3ccccc3)cc1)C2=O. The molecule has 1 saturated heterocycles. The maximum Gasteiger partial charge on any atom is 0.325 e. The Balaban J connectivity index is 1.36. The molecule has 162 valence electrons. The lowest BCUT2D eigenvalue weighted by Crippen LogP contribution is -2.50. The Hall–Kier alpha value is -3.15. The summed E-state index contributed by atoms with van der Waals surface area (Å²) >= 11 is 0. The summed E-state index contributed by atoms with van der Waals surface area (Å²) in [5.74, 6) is 0.0562. The average molecular weight is 420 g/mol. The lowest BCUT2D eigenvalue weighted by molar-refractivity contribution is -0.139. The van der Waals surface area contributed by atoms with Crippen molar-refractivity contribution in [3.63, 3.8) is 0 Å². The number of likely N-dealkylation sites (N-methyl/N-ethyl adjacent to an activating group) is 1. The molecule has 1 spiro atoms. The minimum absolute atomic E-state index is 0.222. The van der Waals surface area contributed by atoms with Gasteiger partial charge in [-0.1, -0.05) is 61.5 Å². The van der Waals surface area contributed by atoms with E-state index in [9.17, 15) is 14.4 Å². The number of amides is 4. The highest BCUT2D eigenvalue weighted by molar-refractivity contribution is 6.09. The van der Waals surface area contributed by atoms with E-state index in [-0.39, 0.29) is 18.4 Å². The van der Waals surface area contributed by atoms with Gasteiger partial charge in [-0.3, -0.25) is 14.5 Å². The molecule has 1 aliphatic heterocycles. The van der Waals surface area contributed by atoms with Gasteiger partial charge in [-0.15, -0.1) is 0 Å². The predicted molar refractivity (Wildman–Crippen MR) is 119 cm³/mol. The van der Waals surface area contributed by atoms with Gasteiger partial charge in [-0.2, -0.15) is 0 Å². The molecule has 0 unspecified atom stereocenters. The van der Waals surface area contributed by atoms with Crippen LogP contribution in [0, 0.1) is 5.92 Å². The second-order valence-electron chi connectivity index (χ2n) is 8.90. The van der Waals surface area contributed by atoms with Gasteiger partial charge in [-0.25, -0.2) is 4.79 Å². The molecule has 0 radical (unpaired) electrons. The van der Waals surface area contributed by atoms with Crippen LogP contribution in [0.4, 0.5) is 4.79 Å². The Morgan fingerprint density at radius 2 is 1.65 bits per heavy atom. The molecule has 1 heterocycles. The Kier molecular flexibility index (Phi) is 5.81. The van der Waals surface area contributed by atoms with Crippen LogP contribution in [-0.2, 0) is 16.1 Å². The van der Waals surface area contributed by atoms with Gasteiger partial charge in [0.05, 0.1) is 0 Å². The molecule has 0 aromatic heterocycles. The van der Waals surface area contributed by atoms with Crippen LogP contribution in [0.2, 0.25) is 0 Å². The van der Waals surface area contributed by atoms with Crippen LogP contribution in [0.3, 0.4) is 0 Å². The fourth-order valence-corrected chi connectivity index (χ4v) is 4.46. The third-order valence-electron chi connectivity index (χ3n) is 6.57. The van der Waals surface area contributed by atoms with Crippen LogP contribution >= 0.6 is 0 Å². The Bertz CT molecular complexity index is 963. The summed E-state index contributed by atoms with van der Waals surface area (Å²) in [6.45, 7) is 2.36. The molecule has 4 rings (SSSR count). The molecule has 6 nitrogen and oxygen atoms in total. The number of carbonyl (C=O) groups excluding carboxylic acids is 3. The lowest BCUT2D eigenvalue weighted by atomic mass is 9.77. The summed E-state index contributed by atoms with van der Waals surface area (Å²) in [6.07, 6.45) is 3.11. The van der Waals surface area contributed by atoms with E-state index < -0.39 is 11.6 Å². The van der Waals surface area contributed by atoms with Gasteiger partial charge in [0, 0.05) is 13.6 Å². The van der Waals surface area contributed by atoms with E-state index in [4.69, 9.17) is 0 Å². The van der Waals surface area contributed by atoms with Crippen molar-refractivity contribution in [2.45, 2.75) is 44.7 Å². The Morgan fingerprint density at radius 3 is 2.29 bits per heavy atom. The number of carbonyl (C=O) groups is 3. The first kappa shape index (κ1) is 21.1. The number of imide groups is 1. The fraction of sp³-hybridized carbons (Fsp3) is 0.400. The standard InChI is InChI=1S/C25H29N3O3/c1-18-12-14-25(15-13-18)23(30)28(24(31)26-25)17-22(29)27(2)16-19-8-10-21(11-9-19)20-6-4-3-5-7-20/h3-11,18H,12-17H2,1-2H3,(H,26,31). The fourth-order valence-electron chi connectivity index (χ4n) is 4.46. The van der Waals surface area contributed by atoms with Gasteiger partial charge in [0.15, 0.2) is 0 Å². The minimum Gasteiger partial charge on any atom is -0.340 e. The van der Waals surface area contributed by atoms with E-state index in [1.807, 2.05) is 42.5 Å². The van der Waals surface area contributed by atoms with Gasteiger partial charge >= 0.3 is 6.03 Å². The molecule has 2 aromatic carbocycles. The average Bonchev–Trinajstić information content (AvgIpc) is 3.01. The molecule has 2 aromatic rings. The lowest BCUT2D eigenvalue weighted by Gasteiger charge is -2.33. The van der Waals surface area contributed by atoms with Crippen LogP contribution in [0.5, 0.6) is 0 Å². The number of hydrogen-bond acceptors (Lipinski definition) is 3. The summed E-state index contributed by atoms with van der Waals surface area (Å²) < 4.78 is 0. The number of nitrogens with zero attached hydrogens (tertiary/aromatic N) is 2. The summed E-state index contributed by atoms with van der Waals surface area (Å²) in [5, 5.41) is 2.87. The zero-order chi connectivity index (χ0) is 22.0. The molecule has 1 aliphatic carbocycles. The molecule has 1 N–H and O–H groups in total. The quantitative estimate of drug-likeness (QED) is 0.749. The van der Waals surface area contributed by atoms with Gasteiger partial charge in [0.25, 0.3) is 5.91 Å². The molecule has 0 atom stereocenters. The van der Waals surface area contributed by atoms with E-state index in [2.05, 4.69) is 24.4 Å². The number of nitrogens with one attached hydrogen (secondary N) is 1. The van der Waals surface area contributed by atoms with Gasteiger partial charge in [0.2, 0.25) is 5.91 Å². The van der Waals surface area contributed by atoms with Crippen molar-refractivity contribution in [1.29, 1.82) is 0 Å². The van der Waals surface area contributed by atoms with E-state index in [1.165, 1.54) is 0 Å². The summed E-state index contributed by atoms with van der Waals surface area (Å²) in [7, 11) is 1.70. The molecule has 0 bridgehead atoms. The molecular formula is C25H29N3O3. The van der Waals surface area contributed by atoms with E-state index >= 15 is 0 Å². The zero-order valence-electron chi connectivity index (χ0n) is 18.1. The molecule has 2 fully saturated rings. The molecule has 4 amide bonds. The first-order chi connectivity index (χ1) is 14.9. The largest absolute Gasteiger partial charge is 0.340 e. The zero-order valence-corrected chi connectivity index (χ0v) is 18.1. The highest BCUT2D eigenvalue weighted by Gasteiger charge is 2.52. The van der Waals surface area contributed by atoms with Crippen molar-refractivity contribution in [2.75, 3.05) is 13.6 Å². The molecule has 1 saturated carbocycles. The van der Waals surface area contributed by atoms with Crippen LogP contribution in [0.15, 0.2) is 54.6 Å². The van der Waals surface area contributed by atoms with Crippen molar-refractivity contribution in [3.05, 3.63) is 60.2 Å². The normalized spacial score (nSPS) is 23.2. The highest BCUT2D eigenvalue weighted by Crippen LogP contribution is 2.36. The van der Waals surface area contributed by atoms with Crippen molar-refractivity contribution in [3.8, 4) is 11.1 Å². The predicted octanol–water partition coefficient (Wildman–Crippen LogP) is 3.81. The van der Waals surface area contributed by atoms with Crippen LogP contribution < -0.4 is 5.32 Å². The molecule has 6 heteroatoms. The first-order valence-electron chi connectivity index (χ1n) is 10.9. The van der Waals surface area contributed by atoms with Gasteiger partial charge in [-0.05, 0) is 48.3 Å². The third kappa shape index (κ3) is 4.33. The van der Waals surface area contributed by atoms with E-state index in [0.717, 1.165) is 34.4 Å². The van der Waals surface area contributed by atoms with Crippen molar-refractivity contribution in [1.82, 2.24) is 15.1 Å². The second kappa shape index (κ2) is 8.53. The number of rotatable bonds is 5. The van der Waals surface area contributed by atoms with Gasteiger partial charge in [0.1, 0.15) is 12.1 Å². The molecular weight excluding hydrogens is 390 g/mol. The second-order valence-corrected chi connectivity index (χ2v) is 8.90. The summed E-state index contributed by atoms with van der Waals surface area (Å²) in [5.41, 5.74) is 2.44. The Labute approximate surface area is 183 Å². The highest BCUT2D eigenvalue weighted by atomic mass is 16.2. The Morgan fingerprint density at radius 1 is 1.03 bits per heavy atom. The van der Waals surface area contributed by atoms with Crippen molar-refractivity contribution >= 4 is 17.8 Å². The number of benzene rings is 2. The maximum absolute atomic E-state index is 13.0. The third-order valence-corrected chi connectivity index (χ3v) is 6.57. The van der Waals surface area contributed by atoms with Crippen LogP contribution in [0.1, 0.15) is 38.2 Å². The van der Waals surface area contributed by atoms with E-state index in [0.29, 0.717) is 25.3 Å². The van der Waals surface area contributed by atoms with Crippen LogP contribution in [0.25, 0.3) is 11.1 Å². The summed E-state index contributed by atoms with van der Waals surface area (Å²) in [6, 6.07) is 17.7. The first-order valence-corrected chi connectivity index (χ1v) is 10.9. The maximum atomic E-state index is 13.0. The molecule has 31 heavy (non-hydrogen) atoms. The van der Waals surface area contributed by atoms with Gasteiger partial charge < -0.3 is 10.2 Å².